The molecule has 0 aromatic heterocycles. The molecule has 0 N–H and O–H groups in total. The summed E-state index contributed by atoms with van der Waals surface area (Å²) in [6, 6.07) is 3.73. The van der Waals surface area contributed by atoms with Crippen molar-refractivity contribution in [1.29, 1.82) is 0 Å². The average Bonchev–Trinajstić information content (AvgIpc) is 2.36. The van der Waals surface area contributed by atoms with Crippen LogP contribution in [0.15, 0.2) is 17.0 Å². The summed E-state index contributed by atoms with van der Waals surface area (Å²) in [6.07, 6.45) is 0. The summed E-state index contributed by atoms with van der Waals surface area (Å²) < 4.78 is 4.82. The highest BCUT2D eigenvalue weighted by Gasteiger charge is 2.24. The molecule has 0 spiro atoms. The normalized spacial score (nSPS) is 11.2. The van der Waals surface area contributed by atoms with Gasteiger partial charge in [0.25, 0.3) is 5.24 Å². The number of hydrogen-bond acceptors (Lipinski definition) is 4. The molecule has 1 amide bonds. The lowest BCUT2D eigenvalue weighted by Gasteiger charge is -2.24. The summed E-state index contributed by atoms with van der Waals surface area (Å²) in [6.45, 7) is 8.03. The first-order valence-corrected chi connectivity index (χ1v) is 7.52. The van der Waals surface area contributed by atoms with Gasteiger partial charge in [0.05, 0.1) is 12.7 Å². The van der Waals surface area contributed by atoms with Crippen LogP contribution >= 0.6 is 11.8 Å². The molecule has 1 aromatic rings. The van der Waals surface area contributed by atoms with Gasteiger partial charge in [-0.15, -0.1) is 0 Å². The zero-order chi connectivity index (χ0) is 16.4. The van der Waals surface area contributed by atoms with Crippen molar-refractivity contribution in [3.05, 3.63) is 28.8 Å². The molecule has 0 saturated heterocycles. The van der Waals surface area contributed by atoms with Gasteiger partial charge in [-0.2, -0.15) is 0 Å². The van der Waals surface area contributed by atoms with Crippen LogP contribution in [0.1, 0.15) is 42.3 Å². The molecular weight excluding hydrogens is 286 g/mol. The number of ether oxygens (including phenoxy) is 1. The van der Waals surface area contributed by atoms with Gasteiger partial charge in [0.2, 0.25) is 0 Å². The zero-order valence-corrected chi connectivity index (χ0v) is 14.6. The molecule has 0 radical (unpaired) electrons. The number of nitrogens with zero attached hydrogens (tertiary/aromatic N) is 1. The first kappa shape index (κ1) is 17.6. The van der Waals surface area contributed by atoms with Gasteiger partial charge in [-0.1, -0.05) is 20.8 Å². The Bertz CT molecular complexity index is 559. The number of carbonyl (C=O) groups excluding carboxylic acids is 2. The SMILES string of the molecule is COC(=O)c1cc(C(C)(C)C)c(SC(=O)N(C)C)cc1C. The van der Waals surface area contributed by atoms with Gasteiger partial charge in [-0.3, -0.25) is 4.79 Å². The second kappa shape index (κ2) is 6.52. The maximum absolute atomic E-state index is 12.0. The number of benzene rings is 1. The fourth-order valence-electron chi connectivity index (χ4n) is 1.87. The third-order valence-electron chi connectivity index (χ3n) is 3.10. The van der Waals surface area contributed by atoms with Gasteiger partial charge in [0.15, 0.2) is 0 Å². The van der Waals surface area contributed by atoms with Crippen LogP contribution in [0.25, 0.3) is 0 Å². The van der Waals surface area contributed by atoms with Crippen LogP contribution in [0.4, 0.5) is 4.79 Å². The Morgan fingerprint density at radius 1 is 1.19 bits per heavy atom. The number of thioether (sulfide) groups is 1. The second-order valence-corrected chi connectivity index (χ2v) is 7.16. The minimum absolute atomic E-state index is 0.0364. The number of methoxy groups -OCH3 is 1. The van der Waals surface area contributed by atoms with E-state index >= 15 is 0 Å². The Kier molecular flexibility index (Phi) is 5.45. The predicted molar refractivity (Wildman–Crippen MR) is 86.2 cm³/mol. The van der Waals surface area contributed by atoms with Crippen LogP contribution < -0.4 is 0 Å². The third kappa shape index (κ3) is 4.24. The highest BCUT2D eigenvalue weighted by Crippen LogP contribution is 2.35. The summed E-state index contributed by atoms with van der Waals surface area (Å²) in [5.74, 6) is -0.353. The maximum atomic E-state index is 12.0. The summed E-state index contributed by atoms with van der Waals surface area (Å²) >= 11 is 1.18. The first-order chi connectivity index (χ1) is 9.57. The third-order valence-corrected chi connectivity index (χ3v) is 4.20. The van der Waals surface area contributed by atoms with Gasteiger partial charge in [0.1, 0.15) is 0 Å². The molecule has 0 heterocycles. The van der Waals surface area contributed by atoms with E-state index < -0.39 is 0 Å². The molecule has 0 aliphatic heterocycles. The van der Waals surface area contributed by atoms with Gasteiger partial charge in [-0.05, 0) is 47.4 Å². The van der Waals surface area contributed by atoms with E-state index in [-0.39, 0.29) is 16.6 Å². The van der Waals surface area contributed by atoms with Crippen LogP contribution in [-0.2, 0) is 10.2 Å². The minimum atomic E-state index is -0.353. The minimum Gasteiger partial charge on any atom is -0.465 e. The Morgan fingerprint density at radius 3 is 2.19 bits per heavy atom. The highest BCUT2D eigenvalue weighted by molar-refractivity contribution is 8.13. The van der Waals surface area contributed by atoms with Crippen molar-refractivity contribution in [2.45, 2.75) is 38.0 Å². The highest BCUT2D eigenvalue weighted by atomic mass is 32.2. The van der Waals surface area contributed by atoms with Crippen LogP contribution in [-0.4, -0.2) is 37.3 Å². The number of carbonyl (C=O) groups is 2. The predicted octanol–water partition coefficient (Wildman–Crippen LogP) is 3.85. The van der Waals surface area contributed by atoms with Crippen molar-refractivity contribution in [3.63, 3.8) is 0 Å². The van der Waals surface area contributed by atoms with Crippen LogP contribution in [0.3, 0.4) is 0 Å². The molecule has 21 heavy (non-hydrogen) atoms. The molecule has 4 nitrogen and oxygen atoms in total. The standard InChI is InChI=1S/C16H23NO3S/c1-10-8-13(21-15(19)17(5)6)12(16(2,3)4)9-11(10)14(18)20-7/h8-9H,1-7H3. The van der Waals surface area contributed by atoms with E-state index in [4.69, 9.17) is 4.74 Å². The van der Waals surface area contributed by atoms with E-state index in [2.05, 4.69) is 20.8 Å². The van der Waals surface area contributed by atoms with Gasteiger partial charge in [0, 0.05) is 19.0 Å². The molecule has 0 saturated carbocycles. The molecule has 116 valence electrons. The lowest BCUT2D eigenvalue weighted by molar-refractivity contribution is 0.0599. The molecular formula is C16H23NO3S. The molecule has 0 bridgehead atoms. The topological polar surface area (TPSA) is 46.6 Å². The Morgan fingerprint density at radius 2 is 1.76 bits per heavy atom. The van der Waals surface area contributed by atoms with Gasteiger partial charge in [-0.25, -0.2) is 4.79 Å². The summed E-state index contributed by atoms with van der Waals surface area (Å²) in [5.41, 5.74) is 2.15. The molecule has 0 atom stereocenters. The molecule has 0 aliphatic rings. The van der Waals surface area contributed by atoms with Gasteiger partial charge < -0.3 is 9.64 Å². The Balaban J connectivity index is 3.40. The summed E-state index contributed by atoms with van der Waals surface area (Å²) in [4.78, 5) is 26.2. The molecule has 0 fully saturated rings. The van der Waals surface area contributed by atoms with Crippen molar-refractivity contribution >= 4 is 23.0 Å². The van der Waals surface area contributed by atoms with E-state index in [0.717, 1.165) is 16.0 Å². The van der Waals surface area contributed by atoms with Crippen LogP contribution in [0, 0.1) is 6.92 Å². The Labute approximate surface area is 130 Å². The van der Waals surface area contributed by atoms with Crippen molar-refractivity contribution in [2.24, 2.45) is 0 Å². The van der Waals surface area contributed by atoms with E-state index in [9.17, 15) is 9.59 Å². The number of amides is 1. The fraction of sp³-hybridized carbons (Fsp3) is 0.500. The van der Waals surface area contributed by atoms with Crippen molar-refractivity contribution in [2.75, 3.05) is 21.2 Å². The number of hydrogen-bond donors (Lipinski definition) is 0. The number of rotatable bonds is 2. The van der Waals surface area contributed by atoms with Crippen LogP contribution in [0.2, 0.25) is 0 Å². The smallest absolute Gasteiger partial charge is 0.338 e. The van der Waals surface area contributed by atoms with E-state index in [0.29, 0.717) is 5.56 Å². The second-order valence-electron chi connectivity index (χ2n) is 6.17. The fourth-order valence-corrected chi connectivity index (χ4v) is 2.95. The Hall–Kier alpha value is -1.49. The van der Waals surface area contributed by atoms with E-state index in [1.54, 1.807) is 19.0 Å². The first-order valence-electron chi connectivity index (χ1n) is 6.70. The lowest BCUT2D eigenvalue weighted by atomic mass is 9.85. The summed E-state index contributed by atoms with van der Waals surface area (Å²) in [7, 11) is 4.82. The van der Waals surface area contributed by atoms with Crippen molar-refractivity contribution in [3.8, 4) is 0 Å². The molecule has 1 rings (SSSR count). The van der Waals surface area contributed by atoms with Crippen molar-refractivity contribution in [1.82, 2.24) is 4.90 Å². The average molecular weight is 309 g/mol. The number of aryl methyl sites for hydroxylation is 1. The van der Waals surface area contributed by atoms with E-state index in [1.165, 1.54) is 18.9 Å². The molecule has 1 aromatic carbocycles. The molecule has 5 heteroatoms. The monoisotopic (exact) mass is 309 g/mol. The molecule has 0 aliphatic carbocycles. The largest absolute Gasteiger partial charge is 0.465 e. The molecule has 0 unspecified atom stereocenters. The van der Waals surface area contributed by atoms with Crippen molar-refractivity contribution < 1.29 is 14.3 Å². The van der Waals surface area contributed by atoms with E-state index in [1.807, 2.05) is 19.1 Å². The lowest BCUT2D eigenvalue weighted by Crippen LogP contribution is -2.19. The van der Waals surface area contributed by atoms with Crippen LogP contribution in [0.5, 0.6) is 0 Å². The zero-order valence-electron chi connectivity index (χ0n) is 13.7. The number of esters is 1. The maximum Gasteiger partial charge on any atom is 0.338 e. The quantitative estimate of drug-likeness (QED) is 0.615. The van der Waals surface area contributed by atoms with Gasteiger partial charge >= 0.3 is 5.97 Å². The summed E-state index contributed by atoms with van der Waals surface area (Å²) in [5, 5.41) is -0.0364.